The molecular weight excluding hydrogens is 338 g/mol. The fourth-order valence-corrected chi connectivity index (χ4v) is 3.35. The summed E-state index contributed by atoms with van der Waals surface area (Å²) in [6.07, 6.45) is 2.50. The molecule has 0 N–H and O–H groups in total. The predicted molar refractivity (Wildman–Crippen MR) is 96.5 cm³/mol. The minimum atomic E-state index is -0.280. The lowest BCUT2D eigenvalue weighted by atomic mass is 10.0. The SMILES string of the molecule is CCC(=O)N1N=C(c2ccco2)CC1c1cc2ccccc2nc1Cl. The van der Waals surface area contributed by atoms with Crippen LogP contribution in [0.25, 0.3) is 10.9 Å². The molecule has 0 bridgehead atoms. The molecule has 1 aliphatic rings. The lowest BCUT2D eigenvalue weighted by Crippen LogP contribution is -2.26. The maximum Gasteiger partial charge on any atom is 0.242 e. The first kappa shape index (κ1) is 15.8. The summed E-state index contributed by atoms with van der Waals surface area (Å²) in [5.74, 6) is 0.608. The highest BCUT2D eigenvalue weighted by atomic mass is 35.5. The largest absolute Gasteiger partial charge is 0.463 e. The van der Waals surface area contributed by atoms with Gasteiger partial charge in [0.25, 0.3) is 0 Å². The number of nitrogens with zero attached hydrogens (tertiary/aromatic N) is 3. The fraction of sp³-hybridized carbons (Fsp3) is 0.211. The van der Waals surface area contributed by atoms with Crippen molar-refractivity contribution in [3.8, 4) is 0 Å². The Balaban J connectivity index is 1.78. The second-order valence-electron chi connectivity index (χ2n) is 5.90. The zero-order valence-corrected chi connectivity index (χ0v) is 14.4. The maximum absolute atomic E-state index is 12.4. The highest BCUT2D eigenvalue weighted by Gasteiger charge is 2.35. The summed E-state index contributed by atoms with van der Waals surface area (Å²) in [7, 11) is 0. The van der Waals surface area contributed by atoms with E-state index in [1.807, 2.05) is 49.4 Å². The molecule has 1 amide bonds. The van der Waals surface area contributed by atoms with Crippen molar-refractivity contribution in [2.75, 3.05) is 0 Å². The van der Waals surface area contributed by atoms with E-state index >= 15 is 0 Å². The van der Waals surface area contributed by atoms with Crippen molar-refractivity contribution in [2.24, 2.45) is 5.10 Å². The van der Waals surface area contributed by atoms with Crippen LogP contribution >= 0.6 is 11.6 Å². The smallest absolute Gasteiger partial charge is 0.242 e. The van der Waals surface area contributed by atoms with Crippen molar-refractivity contribution in [3.63, 3.8) is 0 Å². The first-order valence-corrected chi connectivity index (χ1v) is 8.53. The van der Waals surface area contributed by atoms with Crippen molar-refractivity contribution in [1.29, 1.82) is 0 Å². The first-order chi connectivity index (χ1) is 12.2. The molecule has 0 spiro atoms. The van der Waals surface area contributed by atoms with Gasteiger partial charge in [-0.2, -0.15) is 5.10 Å². The molecule has 2 aromatic heterocycles. The highest BCUT2D eigenvalue weighted by Crippen LogP contribution is 2.37. The third-order valence-electron chi connectivity index (χ3n) is 4.34. The topological polar surface area (TPSA) is 58.7 Å². The van der Waals surface area contributed by atoms with Crippen LogP contribution in [0.5, 0.6) is 0 Å². The molecule has 4 rings (SSSR count). The van der Waals surface area contributed by atoms with E-state index in [1.165, 1.54) is 5.01 Å². The van der Waals surface area contributed by atoms with E-state index in [0.717, 1.165) is 22.2 Å². The molecule has 0 fully saturated rings. The summed E-state index contributed by atoms with van der Waals surface area (Å²) >= 11 is 6.45. The summed E-state index contributed by atoms with van der Waals surface area (Å²) < 4.78 is 5.45. The van der Waals surface area contributed by atoms with Gasteiger partial charge in [0, 0.05) is 23.8 Å². The number of hydrogen-bond donors (Lipinski definition) is 0. The van der Waals surface area contributed by atoms with Crippen LogP contribution in [0, 0.1) is 0 Å². The molecule has 0 saturated carbocycles. The molecule has 25 heavy (non-hydrogen) atoms. The number of hydrogen-bond acceptors (Lipinski definition) is 4. The number of benzene rings is 1. The molecule has 0 radical (unpaired) electrons. The first-order valence-electron chi connectivity index (χ1n) is 8.16. The van der Waals surface area contributed by atoms with Gasteiger partial charge >= 0.3 is 0 Å². The second-order valence-corrected chi connectivity index (χ2v) is 6.25. The number of para-hydroxylation sites is 1. The van der Waals surface area contributed by atoms with E-state index in [0.29, 0.717) is 23.8 Å². The zero-order chi connectivity index (χ0) is 17.4. The second kappa shape index (κ2) is 6.33. The lowest BCUT2D eigenvalue weighted by Gasteiger charge is -2.22. The third kappa shape index (κ3) is 2.81. The van der Waals surface area contributed by atoms with Crippen LogP contribution < -0.4 is 0 Å². The van der Waals surface area contributed by atoms with E-state index in [2.05, 4.69) is 10.1 Å². The molecular formula is C19H16ClN3O2. The summed E-state index contributed by atoms with van der Waals surface area (Å²) in [6, 6.07) is 13.1. The Bertz CT molecular complexity index is 966. The summed E-state index contributed by atoms with van der Waals surface area (Å²) in [4.78, 5) is 16.9. The Kier molecular flexibility index (Phi) is 4.01. The minimum absolute atomic E-state index is 0.0595. The van der Waals surface area contributed by atoms with Crippen molar-refractivity contribution < 1.29 is 9.21 Å². The quantitative estimate of drug-likeness (QED) is 0.648. The third-order valence-corrected chi connectivity index (χ3v) is 4.64. The van der Waals surface area contributed by atoms with Crippen molar-refractivity contribution >= 4 is 34.1 Å². The van der Waals surface area contributed by atoms with Gasteiger partial charge in [0.1, 0.15) is 16.6 Å². The molecule has 0 saturated heterocycles. The molecule has 3 heterocycles. The normalized spacial score (nSPS) is 17.1. The van der Waals surface area contributed by atoms with Gasteiger partial charge in [-0.1, -0.05) is 36.7 Å². The Morgan fingerprint density at radius 2 is 2.16 bits per heavy atom. The predicted octanol–water partition coefficient (Wildman–Crippen LogP) is 4.57. The molecule has 126 valence electrons. The zero-order valence-electron chi connectivity index (χ0n) is 13.6. The van der Waals surface area contributed by atoms with Crippen LogP contribution in [0.15, 0.2) is 58.2 Å². The van der Waals surface area contributed by atoms with Gasteiger partial charge in [0.15, 0.2) is 0 Å². The number of halogens is 1. The van der Waals surface area contributed by atoms with Crippen LogP contribution in [0.3, 0.4) is 0 Å². The van der Waals surface area contributed by atoms with Gasteiger partial charge < -0.3 is 4.42 Å². The number of carbonyl (C=O) groups excluding carboxylic acids is 1. The minimum Gasteiger partial charge on any atom is -0.463 e. The van der Waals surface area contributed by atoms with Crippen molar-refractivity contribution in [3.05, 3.63) is 65.2 Å². The van der Waals surface area contributed by atoms with Gasteiger partial charge in [0.05, 0.1) is 17.8 Å². The van der Waals surface area contributed by atoms with Crippen LogP contribution in [-0.2, 0) is 4.79 Å². The van der Waals surface area contributed by atoms with Gasteiger partial charge in [-0.05, 0) is 24.3 Å². The molecule has 0 aliphatic carbocycles. The number of amides is 1. The molecule has 1 aromatic carbocycles. The Morgan fingerprint density at radius 3 is 2.92 bits per heavy atom. The maximum atomic E-state index is 12.4. The molecule has 3 aromatic rings. The fourth-order valence-electron chi connectivity index (χ4n) is 3.08. The Labute approximate surface area is 149 Å². The summed E-state index contributed by atoms with van der Waals surface area (Å²) in [5, 5.41) is 7.39. The van der Waals surface area contributed by atoms with E-state index < -0.39 is 0 Å². The van der Waals surface area contributed by atoms with Gasteiger partial charge in [-0.15, -0.1) is 0 Å². The Hall–Kier alpha value is -2.66. The number of rotatable bonds is 3. The molecule has 1 atom stereocenters. The lowest BCUT2D eigenvalue weighted by molar-refractivity contribution is -0.132. The standard InChI is InChI=1S/C19H16ClN3O2/c1-2-18(24)23-16(11-15(22-23)17-8-5-9-25-17)13-10-12-6-3-4-7-14(12)21-19(13)20/h3-10,16H,2,11H2,1H3. The van der Waals surface area contributed by atoms with Crippen LogP contribution in [0.2, 0.25) is 5.15 Å². The number of aromatic nitrogens is 1. The van der Waals surface area contributed by atoms with Crippen LogP contribution in [-0.4, -0.2) is 21.6 Å². The number of pyridine rings is 1. The van der Waals surface area contributed by atoms with Crippen LogP contribution in [0.4, 0.5) is 0 Å². The molecule has 1 aliphatic heterocycles. The highest BCUT2D eigenvalue weighted by molar-refractivity contribution is 6.30. The van der Waals surface area contributed by atoms with E-state index in [4.69, 9.17) is 16.0 Å². The number of furan rings is 1. The van der Waals surface area contributed by atoms with Crippen molar-refractivity contribution in [1.82, 2.24) is 9.99 Å². The van der Waals surface area contributed by atoms with Crippen molar-refractivity contribution in [2.45, 2.75) is 25.8 Å². The Morgan fingerprint density at radius 1 is 1.32 bits per heavy atom. The molecule has 5 nitrogen and oxygen atoms in total. The number of carbonyl (C=O) groups is 1. The van der Waals surface area contributed by atoms with Crippen LogP contribution in [0.1, 0.15) is 37.1 Å². The molecule has 1 unspecified atom stereocenters. The number of fused-ring (bicyclic) bond motifs is 1. The van der Waals surface area contributed by atoms with Gasteiger partial charge in [-0.25, -0.2) is 9.99 Å². The average Bonchev–Trinajstić information content (AvgIpc) is 3.30. The monoisotopic (exact) mass is 353 g/mol. The van der Waals surface area contributed by atoms with E-state index in [1.54, 1.807) is 6.26 Å². The molecule has 6 heteroatoms. The average molecular weight is 354 g/mol. The van der Waals surface area contributed by atoms with Gasteiger partial charge in [-0.3, -0.25) is 4.79 Å². The van der Waals surface area contributed by atoms with Gasteiger partial charge in [0.2, 0.25) is 5.91 Å². The van der Waals surface area contributed by atoms with E-state index in [-0.39, 0.29) is 11.9 Å². The number of hydrazone groups is 1. The summed E-state index contributed by atoms with van der Waals surface area (Å²) in [6.45, 7) is 1.82. The summed E-state index contributed by atoms with van der Waals surface area (Å²) in [5.41, 5.74) is 2.36. The van der Waals surface area contributed by atoms with E-state index in [9.17, 15) is 4.79 Å².